The molecule has 1 amide bonds. The molecule has 1 atom stereocenters. The third-order valence-electron chi connectivity index (χ3n) is 6.64. The number of ether oxygens (including phenoxy) is 1. The lowest BCUT2D eigenvalue weighted by Crippen LogP contribution is -2.36. The second-order valence-electron chi connectivity index (χ2n) is 8.67. The van der Waals surface area contributed by atoms with E-state index in [2.05, 4.69) is 51.5 Å². The van der Waals surface area contributed by atoms with Crippen LogP contribution in [0.1, 0.15) is 42.9 Å². The maximum Gasteiger partial charge on any atom is 0.225 e. The van der Waals surface area contributed by atoms with Gasteiger partial charge in [-0.1, -0.05) is 24.3 Å². The quantitative estimate of drug-likeness (QED) is 0.756. The standard InChI is InChI=1S/C25H31N3O2/c29-25(26-20-6-8-21(9-7-20)27-15-17-30-18-16-27)13-14-28(22-10-11-22)24-12-5-19-3-1-2-4-23(19)24/h1-4,6-9,22,24H,5,10-18H2,(H,26,29). The lowest BCUT2D eigenvalue weighted by Gasteiger charge is -2.29. The number of nitrogens with zero attached hydrogens (tertiary/aromatic N) is 2. The third kappa shape index (κ3) is 4.37. The molecule has 2 aromatic carbocycles. The maximum absolute atomic E-state index is 12.6. The van der Waals surface area contributed by atoms with Crippen molar-refractivity contribution in [1.82, 2.24) is 4.90 Å². The minimum atomic E-state index is 0.103. The molecule has 1 aliphatic heterocycles. The number of aryl methyl sites for hydroxylation is 1. The second-order valence-corrected chi connectivity index (χ2v) is 8.67. The van der Waals surface area contributed by atoms with Crippen LogP contribution in [0.2, 0.25) is 0 Å². The Morgan fingerprint density at radius 1 is 1.03 bits per heavy atom. The summed E-state index contributed by atoms with van der Waals surface area (Å²) >= 11 is 0. The Kier molecular flexibility index (Phi) is 5.73. The van der Waals surface area contributed by atoms with Crippen molar-refractivity contribution in [3.05, 3.63) is 59.7 Å². The van der Waals surface area contributed by atoms with Crippen molar-refractivity contribution in [3.8, 4) is 0 Å². The zero-order chi connectivity index (χ0) is 20.3. The highest BCUT2D eigenvalue weighted by atomic mass is 16.5. The largest absolute Gasteiger partial charge is 0.378 e. The molecule has 1 saturated heterocycles. The molecule has 5 rings (SSSR count). The molecule has 1 saturated carbocycles. The number of anilines is 2. The summed E-state index contributed by atoms with van der Waals surface area (Å²) in [6.07, 6.45) is 5.42. The number of nitrogens with one attached hydrogen (secondary N) is 1. The first kappa shape index (κ1) is 19.6. The Labute approximate surface area is 179 Å². The van der Waals surface area contributed by atoms with E-state index in [1.807, 2.05) is 12.1 Å². The molecule has 2 fully saturated rings. The van der Waals surface area contributed by atoms with Crippen molar-refractivity contribution in [2.45, 2.75) is 44.2 Å². The van der Waals surface area contributed by atoms with Gasteiger partial charge >= 0.3 is 0 Å². The zero-order valence-corrected chi connectivity index (χ0v) is 17.6. The number of carbonyl (C=O) groups is 1. The maximum atomic E-state index is 12.6. The van der Waals surface area contributed by atoms with Gasteiger partial charge in [0.05, 0.1) is 13.2 Å². The number of morpholine rings is 1. The van der Waals surface area contributed by atoms with Crippen molar-refractivity contribution >= 4 is 17.3 Å². The van der Waals surface area contributed by atoms with Crippen molar-refractivity contribution < 1.29 is 9.53 Å². The molecule has 30 heavy (non-hydrogen) atoms. The van der Waals surface area contributed by atoms with E-state index in [9.17, 15) is 4.79 Å². The Morgan fingerprint density at radius 3 is 2.57 bits per heavy atom. The molecule has 1 unspecified atom stereocenters. The summed E-state index contributed by atoms with van der Waals surface area (Å²) < 4.78 is 5.42. The summed E-state index contributed by atoms with van der Waals surface area (Å²) in [4.78, 5) is 17.6. The molecule has 5 nitrogen and oxygen atoms in total. The van der Waals surface area contributed by atoms with E-state index in [1.54, 1.807) is 0 Å². The number of fused-ring (bicyclic) bond motifs is 1. The Hall–Kier alpha value is -2.37. The molecule has 0 radical (unpaired) electrons. The van der Waals surface area contributed by atoms with Crippen LogP contribution in [0.25, 0.3) is 0 Å². The Bertz CT molecular complexity index is 872. The molecule has 5 heteroatoms. The molecule has 3 aliphatic rings. The number of benzene rings is 2. The molecule has 2 aromatic rings. The van der Waals surface area contributed by atoms with E-state index < -0.39 is 0 Å². The van der Waals surface area contributed by atoms with Crippen LogP contribution in [0.5, 0.6) is 0 Å². The molecule has 0 bridgehead atoms. The SMILES string of the molecule is O=C(CCN(C1CC1)C1CCc2ccccc21)Nc1ccc(N2CCOCC2)cc1. The van der Waals surface area contributed by atoms with Crippen molar-refractivity contribution in [1.29, 1.82) is 0 Å². The van der Waals surface area contributed by atoms with Crippen LogP contribution < -0.4 is 10.2 Å². The van der Waals surface area contributed by atoms with Gasteiger partial charge in [0.2, 0.25) is 5.91 Å². The lowest BCUT2D eigenvalue weighted by atomic mass is 10.1. The average molecular weight is 406 g/mol. The fraction of sp³-hybridized carbons (Fsp3) is 0.480. The average Bonchev–Trinajstić information content (AvgIpc) is 3.54. The van der Waals surface area contributed by atoms with E-state index in [4.69, 9.17) is 4.74 Å². The Morgan fingerprint density at radius 2 is 1.80 bits per heavy atom. The highest BCUT2D eigenvalue weighted by Gasteiger charge is 2.37. The normalized spacial score (nSPS) is 21.0. The van der Waals surface area contributed by atoms with Gasteiger partial charge < -0.3 is 15.0 Å². The minimum Gasteiger partial charge on any atom is -0.378 e. The molecular weight excluding hydrogens is 374 g/mol. The zero-order valence-electron chi connectivity index (χ0n) is 17.6. The first-order valence-electron chi connectivity index (χ1n) is 11.3. The number of amides is 1. The van der Waals surface area contributed by atoms with Gasteiger partial charge in [-0.25, -0.2) is 0 Å². The minimum absolute atomic E-state index is 0.103. The van der Waals surface area contributed by atoms with Crippen LogP contribution in [0, 0.1) is 0 Å². The van der Waals surface area contributed by atoms with Gasteiger partial charge in [0.1, 0.15) is 0 Å². The van der Waals surface area contributed by atoms with Crippen molar-refractivity contribution in [3.63, 3.8) is 0 Å². The summed E-state index contributed by atoms with van der Waals surface area (Å²) in [6.45, 7) is 4.24. The highest BCUT2D eigenvalue weighted by Crippen LogP contribution is 2.41. The lowest BCUT2D eigenvalue weighted by molar-refractivity contribution is -0.116. The fourth-order valence-corrected chi connectivity index (χ4v) is 4.91. The predicted octanol–water partition coefficient (Wildman–Crippen LogP) is 4.00. The van der Waals surface area contributed by atoms with Crippen LogP contribution >= 0.6 is 0 Å². The summed E-state index contributed by atoms with van der Waals surface area (Å²) in [5.41, 5.74) is 5.03. The summed E-state index contributed by atoms with van der Waals surface area (Å²) in [5.74, 6) is 0.103. The van der Waals surface area contributed by atoms with Crippen LogP contribution in [0.3, 0.4) is 0 Å². The first-order valence-corrected chi connectivity index (χ1v) is 11.3. The van der Waals surface area contributed by atoms with Gasteiger partial charge in [-0.2, -0.15) is 0 Å². The number of hydrogen-bond acceptors (Lipinski definition) is 4. The molecule has 0 aromatic heterocycles. The topological polar surface area (TPSA) is 44.8 Å². The molecule has 0 spiro atoms. The van der Waals surface area contributed by atoms with Gasteiger partial charge in [0.25, 0.3) is 0 Å². The van der Waals surface area contributed by atoms with Crippen molar-refractivity contribution in [2.75, 3.05) is 43.1 Å². The van der Waals surface area contributed by atoms with E-state index in [1.165, 1.54) is 36.1 Å². The van der Waals surface area contributed by atoms with Crippen LogP contribution in [-0.2, 0) is 16.0 Å². The smallest absolute Gasteiger partial charge is 0.225 e. The highest BCUT2D eigenvalue weighted by molar-refractivity contribution is 5.91. The fourth-order valence-electron chi connectivity index (χ4n) is 4.91. The number of carbonyl (C=O) groups excluding carboxylic acids is 1. The second kappa shape index (κ2) is 8.78. The van der Waals surface area contributed by atoms with Crippen LogP contribution in [0.4, 0.5) is 11.4 Å². The van der Waals surface area contributed by atoms with E-state index in [0.717, 1.165) is 45.0 Å². The third-order valence-corrected chi connectivity index (χ3v) is 6.64. The van der Waals surface area contributed by atoms with Gasteiger partial charge in [-0.3, -0.25) is 9.69 Å². The predicted molar refractivity (Wildman–Crippen MR) is 120 cm³/mol. The van der Waals surface area contributed by atoms with Crippen LogP contribution in [-0.4, -0.2) is 49.7 Å². The number of hydrogen-bond donors (Lipinski definition) is 1. The van der Waals surface area contributed by atoms with E-state index in [0.29, 0.717) is 18.5 Å². The summed E-state index contributed by atoms with van der Waals surface area (Å²) in [6, 6.07) is 18.2. The van der Waals surface area contributed by atoms with Crippen molar-refractivity contribution in [2.24, 2.45) is 0 Å². The molecule has 1 heterocycles. The molecule has 1 N–H and O–H groups in total. The Balaban J connectivity index is 1.16. The number of rotatable bonds is 7. The van der Waals surface area contributed by atoms with Gasteiger partial charge in [0, 0.05) is 49.5 Å². The molecule has 158 valence electrons. The van der Waals surface area contributed by atoms with E-state index >= 15 is 0 Å². The first-order chi connectivity index (χ1) is 14.8. The monoisotopic (exact) mass is 405 g/mol. The van der Waals surface area contributed by atoms with Gasteiger partial charge in [-0.15, -0.1) is 0 Å². The van der Waals surface area contributed by atoms with Gasteiger partial charge in [0.15, 0.2) is 0 Å². The molecular formula is C25H31N3O2. The summed E-state index contributed by atoms with van der Waals surface area (Å²) in [7, 11) is 0. The summed E-state index contributed by atoms with van der Waals surface area (Å²) in [5, 5.41) is 3.09. The molecule has 2 aliphatic carbocycles. The van der Waals surface area contributed by atoms with Crippen LogP contribution in [0.15, 0.2) is 48.5 Å². The van der Waals surface area contributed by atoms with Gasteiger partial charge in [-0.05, 0) is 61.1 Å². The van der Waals surface area contributed by atoms with E-state index in [-0.39, 0.29) is 5.91 Å².